The molecule has 2 aromatic rings. The number of hydrogen-bond donors (Lipinski definition) is 2. The number of pyridine rings is 1. The molecule has 2 N–H and O–H groups in total. The minimum Gasteiger partial charge on any atom is -0.332 e. The molecular formula is C14H15N3S. The summed E-state index contributed by atoms with van der Waals surface area (Å²) in [5.74, 6) is 0.780. The molecule has 92 valence electrons. The molecule has 0 fully saturated rings. The normalized spacial score (nSPS) is 9.89. The van der Waals surface area contributed by atoms with Crippen molar-refractivity contribution in [3.8, 4) is 0 Å². The number of thiocarbonyl (C=S) groups is 1. The maximum absolute atomic E-state index is 5.25. The van der Waals surface area contributed by atoms with Crippen LogP contribution in [0.15, 0.2) is 42.6 Å². The van der Waals surface area contributed by atoms with E-state index in [-0.39, 0.29) is 0 Å². The molecular weight excluding hydrogens is 242 g/mol. The van der Waals surface area contributed by atoms with Gasteiger partial charge < -0.3 is 10.6 Å². The van der Waals surface area contributed by atoms with E-state index < -0.39 is 0 Å². The van der Waals surface area contributed by atoms with Crippen LogP contribution in [0.25, 0.3) is 0 Å². The van der Waals surface area contributed by atoms with Gasteiger partial charge in [0.25, 0.3) is 0 Å². The summed E-state index contributed by atoms with van der Waals surface area (Å²) in [7, 11) is 0. The first-order valence-corrected chi connectivity index (χ1v) is 6.12. The molecule has 0 atom stereocenters. The molecule has 0 saturated heterocycles. The van der Waals surface area contributed by atoms with Crippen molar-refractivity contribution in [3.05, 3.63) is 53.7 Å². The van der Waals surface area contributed by atoms with Gasteiger partial charge in [-0.2, -0.15) is 0 Å². The van der Waals surface area contributed by atoms with Crippen molar-refractivity contribution in [2.24, 2.45) is 0 Å². The van der Waals surface area contributed by atoms with Crippen molar-refractivity contribution in [1.29, 1.82) is 0 Å². The van der Waals surface area contributed by atoms with E-state index in [0.717, 1.165) is 17.1 Å². The molecule has 1 aromatic carbocycles. The number of nitrogens with zero attached hydrogens (tertiary/aromatic N) is 1. The van der Waals surface area contributed by atoms with Crippen LogP contribution in [-0.2, 0) is 0 Å². The highest BCUT2D eigenvalue weighted by Gasteiger charge is 2.01. The van der Waals surface area contributed by atoms with Crippen molar-refractivity contribution >= 4 is 28.8 Å². The maximum atomic E-state index is 5.25. The predicted molar refractivity (Wildman–Crippen MR) is 80.0 cm³/mol. The van der Waals surface area contributed by atoms with Crippen molar-refractivity contribution in [2.45, 2.75) is 13.8 Å². The zero-order valence-corrected chi connectivity index (χ0v) is 11.2. The number of hydrogen-bond acceptors (Lipinski definition) is 2. The topological polar surface area (TPSA) is 37.0 Å². The van der Waals surface area contributed by atoms with Crippen LogP contribution in [0.2, 0.25) is 0 Å². The van der Waals surface area contributed by atoms with Gasteiger partial charge in [-0.25, -0.2) is 4.98 Å². The Balaban J connectivity index is 2.01. The summed E-state index contributed by atoms with van der Waals surface area (Å²) >= 11 is 5.25. The first-order valence-electron chi connectivity index (χ1n) is 5.71. The lowest BCUT2D eigenvalue weighted by Crippen LogP contribution is -2.20. The van der Waals surface area contributed by atoms with Gasteiger partial charge in [0.05, 0.1) is 0 Å². The van der Waals surface area contributed by atoms with E-state index in [1.54, 1.807) is 6.20 Å². The fourth-order valence-corrected chi connectivity index (χ4v) is 1.74. The van der Waals surface area contributed by atoms with Crippen LogP contribution >= 0.6 is 12.2 Å². The Morgan fingerprint density at radius 1 is 1.06 bits per heavy atom. The number of rotatable bonds is 2. The molecule has 2 rings (SSSR count). The standard InChI is InChI=1S/C14H15N3S/c1-10-5-7-12(8-6-10)16-14(18)17-13-11(2)4-3-9-15-13/h3-9H,1-2H3,(H2,15,16,17,18). The maximum Gasteiger partial charge on any atom is 0.176 e. The summed E-state index contributed by atoms with van der Waals surface area (Å²) < 4.78 is 0. The Labute approximate surface area is 112 Å². The third-order valence-corrected chi connectivity index (χ3v) is 2.75. The Morgan fingerprint density at radius 3 is 2.44 bits per heavy atom. The van der Waals surface area contributed by atoms with Gasteiger partial charge in [-0.05, 0) is 49.8 Å². The predicted octanol–water partition coefficient (Wildman–Crippen LogP) is 3.51. The number of aryl methyl sites for hydroxylation is 2. The van der Waals surface area contributed by atoms with Crippen LogP contribution in [0.3, 0.4) is 0 Å². The monoisotopic (exact) mass is 257 g/mol. The van der Waals surface area contributed by atoms with Gasteiger partial charge in [-0.1, -0.05) is 23.8 Å². The van der Waals surface area contributed by atoms with E-state index in [2.05, 4.69) is 22.5 Å². The Hall–Kier alpha value is -1.94. The van der Waals surface area contributed by atoms with Gasteiger partial charge >= 0.3 is 0 Å². The average Bonchev–Trinajstić information content (AvgIpc) is 2.35. The highest BCUT2D eigenvalue weighted by Crippen LogP contribution is 2.12. The second kappa shape index (κ2) is 5.60. The Morgan fingerprint density at radius 2 is 1.78 bits per heavy atom. The molecule has 0 bridgehead atoms. The molecule has 0 spiro atoms. The van der Waals surface area contributed by atoms with Crippen LogP contribution in [-0.4, -0.2) is 10.1 Å². The average molecular weight is 257 g/mol. The van der Waals surface area contributed by atoms with E-state index in [1.807, 2.05) is 43.3 Å². The minimum atomic E-state index is 0.542. The minimum absolute atomic E-state index is 0.542. The summed E-state index contributed by atoms with van der Waals surface area (Å²) in [5.41, 5.74) is 3.25. The van der Waals surface area contributed by atoms with E-state index >= 15 is 0 Å². The molecule has 4 heteroatoms. The molecule has 0 aliphatic carbocycles. The molecule has 1 aromatic heterocycles. The zero-order valence-electron chi connectivity index (χ0n) is 10.4. The van der Waals surface area contributed by atoms with Gasteiger partial charge in [0, 0.05) is 11.9 Å². The molecule has 0 aliphatic rings. The second-order valence-corrected chi connectivity index (χ2v) is 4.52. The molecule has 0 radical (unpaired) electrons. The molecule has 0 aliphatic heterocycles. The van der Waals surface area contributed by atoms with E-state index in [1.165, 1.54) is 5.56 Å². The quantitative estimate of drug-likeness (QED) is 0.807. The largest absolute Gasteiger partial charge is 0.332 e. The summed E-state index contributed by atoms with van der Waals surface area (Å²) in [5, 5.41) is 6.75. The summed E-state index contributed by atoms with van der Waals surface area (Å²) in [6, 6.07) is 12.0. The van der Waals surface area contributed by atoms with Crippen LogP contribution in [0.4, 0.5) is 11.5 Å². The van der Waals surface area contributed by atoms with Gasteiger partial charge in [-0.3, -0.25) is 0 Å². The van der Waals surface area contributed by atoms with Crippen molar-refractivity contribution in [1.82, 2.24) is 4.98 Å². The summed E-state index contributed by atoms with van der Waals surface area (Å²) in [4.78, 5) is 4.24. The van der Waals surface area contributed by atoms with E-state index in [4.69, 9.17) is 12.2 Å². The van der Waals surface area contributed by atoms with Gasteiger partial charge in [0.15, 0.2) is 5.11 Å². The first kappa shape index (κ1) is 12.5. The Bertz CT molecular complexity index is 549. The van der Waals surface area contributed by atoms with E-state index in [9.17, 15) is 0 Å². The lowest BCUT2D eigenvalue weighted by Gasteiger charge is -2.11. The molecule has 3 nitrogen and oxygen atoms in total. The second-order valence-electron chi connectivity index (χ2n) is 4.11. The van der Waals surface area contributed by atoms with Crippen molar-refractivity contribution in [3.63, 3.8) is 0 Å². The number of nitrogens with one attached hydrogen (secondary N) is 2. The van der Waals surface area contributed by atoms with Crippen LogP contribution in [0.5, 0.6) is 0 Å². The molecule has 1 heterocycles. The summed E-state index contributed by atoms with van der Waals surface area (Å²) in [6.45, 7) is 4.04. The first-order chi connectivity index (χ1) is 8.65. The number of anilines is 2. The highest BCUT2D eigenvalue weighted by atomic mass is 32.1. The number of aromatic nitrogens is 1. The molecule has 0 unspecified atom stereocenters. The third-order valence-electron chi connectivity index (χ3n) is 2.55. The van der Waals surface area contributed by atoms with Crippen LogP contribution < -0.4 is 10.6 Å². The summed E-state index contributed by atoms with van der Waals surface area (Å²) in [6.07, 6.45) is 1.74. The lowest BCUT2D eigenvalue weighted by molar-refractivity contribution is 1.27. The highest BCUT2D eigenvalue weighted by molar-refractivity contribution is 7.80. The number of benzene rings is 1. The Kier molecular flexibility index (Phi) is 3.89. The van der Waals surface area contributed by atoms with Crippen LogP contribution in [0, 0.1) is 13.8 Å². The van der Waals surface area contributed by atoms with Gasteiger partial charge in [0.2, 0.25) is 0 Å². The fraction of sp³-hybridized carbons (Fsp3) is 0.143. The molecule has 18 heavy (non-hydrogen) atoms. The lowest BCUT2D eigenvalue weighted by atomic mass is 10.2. The smallest absolute Gasteiger partial charge is 0.176 e. The SMILES string of the molecule is Cc1ccc(NC(=S)Nc2ncccc2C)cc1. The third kappa shape index (κ3) is 3.28. The zero-order chi connectivity index (χ0) is 13.0. The molecule has 0 saturated carbocycles. The van der Waals surface area contributed by atoms with E-state index in [0.29, 0.717) is 5.11 Å². The van der Waals surface area contributed by atoms with Crippen molar-refractivity contribution in [2.75, 3.05) is 10.6 Å². The van der Waals surface area contributed by atoms with Crippen LogP contribution in [0.1, 0.15) is 11.1 Å². The van der Waals surface area contributed by atoms with Crippen molar-refractivity contribution < 1.29 is 0 Å². The van der Waals surface area contributed by atoms with Gasteiger partial charge in [-0.15, -0.1) is 0 Å². The molecule has 0 amide bonds. The van der Waals surface area contributed by atoms with Gasteiger partial charge in [0.1, 0.15) is 5.82 Å². The fourth-order valence-electron chi connectivity index (χ4n) is 1.52.